The van der Waals surface area contributed by atoms with Crippen LogP contribution in [0.3, 0.4) is 0 Å². The number of hydrogen-bond donors (Lipinski definition) is 1. The Hall–Kier alpha value is -10.2. The fraction of sp³-hybridized carbons (Fsp3) is 0.164. The molecule has 128 heavy (non-hydrogen) atoms. The fourth-order valence-corrected chi connectivity index (χ4v) is 19.1. The molecule has 24 rings (SSSR count). The average Bonchev–Trinajstić information content (AvgIpc) is 1.59. The van der Waals surface area contributed by atoms with Crippen LogP contribution >= 0.6 is 86.3 Å². The highest BCUT2D eigenvalue weighted by molar-refractivity contribution is 14.1. The van der Waals surface area contributed by atoms with E-state index in [2.05, 4.69) is 363 Å². The summed E-state index contributed by atoms with van der Waals surface area (Å²) in [6, 6.07) is 111. The summed E-state index contributed by atoms with van der Waals surface area (Å²) in [5.41, 5.74) is 8.64. The van der Waals surface area contributed by atoms with E-state index in [1.54, 1.807) is 0 Å². The molecule has 0 bridgehead atoms. The third-order valence-corrected chi connectivity index (χ3v) is 29.1. The van der Waals surface area contributed by atoms with Crippen LogP contribution in [0.4, 0.5) is 0 Å². The molecule has 0 saturated carbocycles. The van der Waals surface area contributed by atoms with Crippen molar-refractivity contribution in [2.45, 2.75) is 117 Å². The molecular formula is C110H90B3Br4IO10. The van der Waals surface area contributed by atoms with Crippen molar-refractivity contribution in [2.24, 2.45) is 0 Å². The Balaban J connectivity index is 0.000000103. The van der Waals surface area contributed by atoms with Crippen molar-refractivity contribution < 1.29 is 46.3 Å². The van der Waals surface area contributed by atoms with Gasteiger partial charge in [0, 0.05) is 80.9 Å². The van der Waals surface area contributed by atoms with Crippen LogP contribution in [0.1, 0.15) is 83.1 Å². The quantitative estimate of drug-likeness (QED) is 0.104. The summed E-state index contributed by atoms with van der Waals surface area (Å²) >= 11 is 16.1. The van der Waals surface area contributed by atoms with Crippen molar-refractivity contribution >= 4 is 265 Å². The number of hydrogen-bond acceptors (Lipinski definition) is 10. The molecule has 18 aromatic carbocycles. The zero-order valence-electron chi connectivity index (χ0n) is 72.8. The van der Waals surface area contributed by atoms with Gasteiger partial charge >= 0.3 is 21.1 Å². The standard InChI is InChI=1S/C26H23BO3.C26H15BrO.C20H11BrO.C20H13BrO.C12H24B2O4.C6H4BrI/c1-25(2)26(3,4)30-27(29-25)16-13-14-21-22(15-16)28-24-20-12-8-6-10-18(20)17-9-5-7-11-19(17)23(21)24;27-18-12-9-16(10-13-18)17-11-14-23-24(15-17)28-26-22-8-4-2-6-20(22)19-5-1-3-7-21(19)25(23)26;21-12-9-10-17-18(11-12)22-20-16-8-4-2-6-14(16)13-5-1-3-7-15(13)19(17)20;21-14-11-9-13(10-12-14)19-17-7-3-1-5-15(17)16-6-2-4-8-18(16)20(19)22;1-9(2)10(3,4)16-13(15-9)14-17-11(5,6)12(7,8)18-14;7-5-1-3-6(8)4-2-5/h5-15H,1-4H3;1-15H;1-11H;1-12,22H;1-8H3;1-4H. The van der Waals surface area contributed by atoms with E-state index in [-0.39, 0.29) is 33.6 Å². The average molecular weight is 2050 g/mol. The number of fused-ring (bicyclic) bond motifs is 27. The molecule has 0 atom stereocenters. The van der Waals surface area contributed by atoms with Gasteiger partial charge in [0.05, 0.1) is 33.6 Å². The molecule has 1 N–H and O–H groups in total. The van der Waals surface area contributed by atoms with Crippen LogP contribution in [0, 0.1) is 3.57 Å². The van der Waals surface area contributed by atoms with Crippen molar-refractivity contribution in [2.75, 3.05) is 0 Å². The molecule has 634 valence electrons. The highest BCUT2D eigenvalue weighted by Gasteiger charge is 2.64. The Labute approximate surface area is 791 Å². The van der Waals surface area contributed by atoms with Gasteiger partial charge in [-0.3, -0.25) is 0 Å². The molecule has 0 unspecified atom stereocenters. The van der Waals surface area contributed by atoms with Crippen molar-refractivity contribution in [1.29, 1.82) is 0 Å². The Morgan fingerprint density at radius 2 is 0.508 bits per heavy atom. The Bertz CT molecular complexity index is 7800. The van der Waals surface area contributed by atoms with Crippen molar-refractivity contribution in [1.82, 2.24) is 0 Å². The lowest BCUT2D eigenvalue weighted by atomic mass is 9.49. The minimum atomic E-state index is -0.476. The summed E-state index contributed by atoms with van der Waals surface area (Å²) < 4.78 is 61.0. The van der Waals surface area contributed by atoms with E-state index in [0.29, 0.717) is 5.75 Å². The van der Waals surface area contributed by atoms with Crippen molar-refractivity contribution in [3.8, 4) is 28.0 Å². The highest BCUT2D eigenvalue weighted by Crippen LogP contribution is 2.49. The first kappa shape index (κ1) is 87.2. The monoisotopic (exact) mass is 2050 g/mol. The molecule has 18 heteroatoms. The van der Waals surface area contributed by atoms with Gasteiger partial charge < -0.3 is 46.3 Å². The number of halogens is 5. The van der Waals surface area contributed by atoms with E-state index < -0.39 is 21.1 Å². The van der Waals surface area contributed by atoms with Gasteiger partial charge in [-0.05, 0) is 277 Å². The topological polar surface area (TPSA) is 115 Å². The molecule has 3 aliphatic rings. The van der Waals surface area contributed by atoms with Gasteiger partial charge in [-0.2, -0.15) is 0 Å². The number of benzene rings is 18. The minimum Gasteiger partial charge on any atom is -0.507 e. The number of phenolic OH excluding ortho intramolecular Hbond substituents is 1. The first-order valence-corrected chi connectivity index (χ1v) is 47.2. The molecular weight excluding hydrogens is 1960 g/mol. The third-order valence-electron chi connectivity index (χ3n) is 26.3. The van der Waals surface area contributed by atoms with E-state index in [0.717, 1.165) is 117 Å². The lowest BCUT2D eigenvalue weighted by Crippen LogP contribution is -2.41. The van der Waals surface area contributed by atoms with Gasteiger partial charge in [0.2, 0.25) is 0 Å². The molecule has 21 aromatic rings. The minimum absolute atomic E-state index is 0.344. The molecule has 3 aliphatic heterocycles. The van der Waals surface area contributed by atoms with Crippen LogP contribution in [0.15, 0.2) is 353 Å². The predicted octanol–water partition coefficient (Wildman–Crippen LogP) is 32.6. The molecule has 3 fully saturated rings. The van der Waals surface area contributed by atoms with Crippen LogP contribution in [0.5, 0.6) is 5.75 Å². The van der Waals surface area contributed by atoms with Crippen molar-refractivity contribution in [3.05, 3.63) is 343 Å². The summed E-state index contributed by atoms with van der Waals surface area (Å²) in [5.74, 6) is 0.344. The highest BCUT2D eigenvalue weighted by atomic mass is 127. The molecule has 10 nitrogen and oxygen atoms in total. The maximum atomic E-state index is 10.9. The lowest BCUT2D eigenvalue weighted by molar-refractivity contribution is 0.00578. The van der Waals surface area contributed by atoms with Gasteiger partial charge in [0.1, 0.15) is 39.2 Å². The van der Waals surface area contributed by atoms with Crippen molar-refractivity contribution in [3.63, 3.8) is 0 Å². The summed E-state index contributed by atoms with van der Waals surface area (Å²) in [6.07, 6.45) is 0. The second-order valence-electron chi connectivity index (χ2n) is 35.9. The summed E-state index contributed by atoms with van der Waals surface area (Å²) in [4.78, 5) is 0. The molecule has 0 radical (unpaired) electrons. The SMILES string of the molecule is Brc1ccc(-c2ccc3c(c2)oc2c4ccccc4c4ccccc4c32)cc1.Brc1ccc(I)cc1.Brc1ccc2c(c1)oc1c3ccccc3c3ccccc3c21.CC1(C)OB(B2OC(C)(C)C(C)(C)O2)OC1(C)C.CC1(C)OB(c2ccc3c(c2)oc2c4ccccc4c4ccccc4c32)OC1(C)C.Oc1c(-c2ccc(Br)cc2)c2ccccc2c2ccccc12. The molecule has 3 aromatic heterocycles. The number of phenols is 1. The van der Waals surface area contributed by atoms with Crippen LogP contribution in [-0.4, -0.2) is 59.8 Å². The van der Waals surface area contributed by atoms with Gasteiger partial charge in [-0.1, -0.05) is 300 Å². The Morgan fingerprint density at radius 1 is 0.242 bits per heavy atom. The second-order valence-corrected chi connectivity index (χ2v) is 40.8. The zero-order valence-corrected chi connectivity index (χ0v) is 81.3. The predicted molar refractivity (Wildman–Crippen MR) is 558 cm³/mol. The van der Waals surface area contributed by atoms with E-state index in [1.165, 1.54) is 84.5 Å². The van der Waals surface area contributed by atoms with E-state index in [9.17, 15) is 5.11 Å². The lowest BCUT2D eigenvalue weighted by Gasteiger charge is -2.32. The summed E-state index contributed by atoms with van der Waals surface area (Å²) in [6.45, 7) is 24.5. The number of aromatic hydroxyl groups is 1. The largest absolute Gasteiger partial charge is 0.507 e. The maximum Gasteiger partial charge on any atom is 0.494 e. The zero-order chi connectivity index (χ0) is 89.1. The molecule has 6 heterocycles. The van der Waals surface area contributed by atoms with E-state index >= 15 is 0 Å². The van der Waals surface area contributed by atoms with E-state index in [1.807, 2.05) is 128 Å². The van der Waals surface area contributed by atoms with Crippen LogP contribution in [0.25, 0.3) is 174 Å². The van der Waals surface area contributed by atoms with Gasteiger partial charge in [0.15, 0.2) is 0 Å². The first-order valence-electron chi connectivity index (χ1n) is 43.0. The molecule has 3 saturated heterocycles. The second kappa shape index (κ2) is 34.3. The smallest absolute Gasteiger partial charge is 0.494 e. The van der Waals surface area contributed by atoms with Gasteiger partial charge in [-0.25, -0.2) is 0 Å². The Morgan fingerprint density at radius 3 is 0.891 bits per heavy atom. The summed E-state index contributed by atoms with van der Waals surface area (Å²) in [7, 11) is -1.35. The number of furan rings is 3. The normalized spacial score (nSPS) is 15.9. The molecule has 0 aliphatic carbocycles. The van der Waals surface area contributed by atoms with Crippen LogP contribution in [-0.2, 0) is 27.9 Å². The Kier molecular flexibility index (Phi) is 23.4. The van der Waals surface area contributed by atoms with Crippen LogP contribution in [0.2, 0.25) is 0 Å². The van der Waals surface area contributed by atoms with E-state index in [4.69, 9.17) is 41.2 Å². The molecule has 0 amide bonds. The van der Waals surface area contributed by atoms with Crippen LogP contribution < -0.4 is 5.46 Å². The summed E-state index contributed by atoms with van der Waals surface area (Å²) in [5, 5.41) is 36.7. The maximum absolute atomic E-state index is 10.9. The van der Waals surface area contributed by atoms with Gasteiger partial charge in [0.25, 0.3) is 0 Å². The first-order chi connectivity index (χ1) is 61.4. The van der Waals surface area contributed by atoms with Gasteiger partial charge in [-0.15, -0.1) is 0 Å². The number of rotatable bonds is 4. The third kappa shape index (κ3) is 16.1. The fourth-order valence-electron chi connectivity index (χ4n) is 17.6. The molecule has 0 spiro atoms.